The van der Waals surface area contributed by atoms with Gasteiger partial charge in [-0.05, 0) is 56.9 Å². The normalized spacial score (nSPS) is 14.2. The van der Waals surface area contributed by atoms with Crippen LogP contribution in [0.3, 0.4) is 0 Å². The van der Waals surface area contributed by atoms with Crippen LogP contribution in [0.1, 0.15) is 47.4 Å². The molecule has 1 aromatic carbocycles. The first kappa shape index (κ1) is 18.2. The van der Waals surface area contributed by atoms with Gasteiger partial charge in [0, 0.05) is 24.0 Å². The van der Waals surface area contributed by atoms with Gasteiger partial charge in [-0.3, -0.25) is 4.79 Å². The largest absolute Gasteiger partial charge is 0.474 e. The number of hydrogen-bond donors (Lipinski definition) is 1. The van der Waals surface area contributed by atoms with E-state index in [0.717, 1.165) is 29.8 Å². The number of para-hydroxylation sites is 1. The van der Waals surface area contributed by atoms with Gasteiger partial charge in [-0.1, -0.05) is 24.3 Å². The Balaban J connectivity index is 1.44. The Morgan fingerprint density at radius 1 is 1.18 bits per heavy atom. The van der Waals surface area contributed by atoms with Crippen molar-refractivity contribution in [2.24, 2.45) is 0 Å². The number of aromatic nitrogens is 3. The van der Waals surface area contributed by atoms with E-state index in [1.807, 2.05) is 49.4 Å². The fraction of sp³-hybridized carbons (Fsp3) is 0.318. The molecule has 6 heteroatoms. The van der Waals surface area contributed by atoms with Crippen LogP contribution < -0.4 is 10.1 Å². The Morgan fingerprint density at radius 3 is 2.75 bits per heavy atom. The zero-order chi connectivity index (χ0) is 19.3. The number of pyridine rings is 1. The SMILES string of the molecule is Cc1cc(C(=O)NCc2cccnc2OC2CCCC2)nn1-c1ccccc1. The highest BCUT2D eigenvalue weighted by molar-refractivity contribution is 5.92. The van der Waals surface area contributed by atoms with Crippen molar-refractivity contribution in [1.29, 1.82) is 0 Å². The zero-order valence-corrected chi connectivity index (χ0v) is 16.0. The molecule has 144 valence electrons. The maximum atomic E-state index is 12.6. The van der Waals surface area contributed by atoms with E-state index in [2.05, 4.69) is 15.4 Å². The Bertz CT molecular complexity index is 946. The van der Waals surface area contributed by atoms with Gasteiger partial charge in [-0.25, -0.2) is 9.67 Å². The third kappa shape index (κ3) is 4.06. The molecule has 0 bridgehead atoms. The number of carbonyl (C=O) groups excluding carboxylic acids is 1. The minimum atomic E-state index is -0.214. The van der Waals surface area contributed by atoms with E-state index in [9.17, 15) is 4.79 Å². The molecule has 2 aromatic heterocycles. The van der Waals surface area contributed by atoms with Crippen LogP contribution in [0.2, 0.25) is 0 Å². The minimum Gasteiger partial charge on any atom is -0.474 e. The highest BCUT2D eigenvalue weighted by atomic mass is 16.5. The molecule has 6 nitrogen and oxygen atoms in total. The van der Waals surface area contributed by atoms with E-state index in [1.54, 1.807) is 16.9 Å². The minimum absolute atomic E-state index is 0.214. The number of ether oxygens (including phenoxy) is 1. The highest BCUT2D eigenvalue weighted by Gasteiger charge is 2.19. The summed E-state index contributed by atoms with van der Waals surface area (Å²) in [6, 6.07) is 15.4. The fourth-order valence-corrected chi connectivity index (χ4v) is 3.51. The van der Waals surface area contributed by atoms with Gasteiger partial charge < -0.3 is 10.1 Å². The van der Waals surface area contributed by atoms with Gasteiger partial charge in [-0.15, -0.1) is 0 Å². The number of aryl methyl sites for hydroxylation is 1. The second-order valence-electron chi connectivity index (χ2n) is 7.09. The first-order chi connectivity index (χ1) is 13.7. The molecule has 2 heterocycles. The van der Waals surface area contributed by atoms with Gasteiger partial charge >= 0.3 is 0 Å². The molecule has 4 rings (SSSR count). The fourth-order valence-electron chi connectivity index (χ4n) is 3.51. The van der Waals surface area contributed by atoms with Crippen molar-refractivity contribution in [3.63, 3.8) is 0 Å². The van der Waals surface area contributed by atoms with Crippen LogP contribution in [0.15, 0.2) is 54.7 Å². The molecule has 1 N–H and O–H groups in total. The number of amides is 1. The summed E-state index contributed by atoms with van der Waals surface area (Å²) in [4.78, 5) is 17.0. The molecule has 0 spiro atoms. The smallest absolute Gasteiger partial charge is 0.272 e. The molecule has 1 amide bonds. The Kier molecular flexibility index (Phi) is 5.37. The Hall–Kier alpha value is -3.15. The van der Waals surface area contributed by atoms with Gasteiger partial charge in [-0.2, -0.15) is 5.10 Å². The van der Waals surface area contributed by atoms with E-state index in [0.29, 0.717) is 18.1 Å². The van der Waals surface area contributed by atoms with E-state index in [1.165, 1.54) is 12.8 Å². The van der Waals surface area contributed by atoms with E-state index >= 15 is 0 Å². The average Bonchev–Trinajstić information content (AvgIpc) is 3.37. The van der Waals surface area contributed by atoms with E-state index in [4.69, 9.17) is 4.74 Å². The van der Waals surface area contributed by atoms with Crippen LogP contribution in [-0.4, -0.2) is 26.8 Å². The number of nitrogens with one attached hydrogen (secondary N) is 1. The molecule has 0 unspecified atom stereocenters. The van der Waals surface area contributed by atoms with Crippen molar-refractivity contribution in [1.82, 2.24) is 20.1 Å². The molecule has 0 radical (unpaired) electrons. The third-order valence-corrected chi connectivity index (χ3v) is 4.99. The molecule has 0 saturated heterocycles. The van der Waals surface area contributed by atoms with Crippen molar-refractivity contribution in [2.75, 3.05) is 0 Å². The standard InChI is InChI=1S/C22H24N4O2/c1-16-14-20(25-26(16)18-9-3-2-4-10-18)21(27)24-15-17-8-7-13-23-22(17)28-19-11-5-6-12-19/h2-4,7-10,13-14,19H,5-6,11-12,15H2,1H3,(H,24,27). The molecule has 28 heavy (non-hydrogen) atoms. The maximum Gasteiger partial charge on any atom is 0.272 e. The molecular formula is C22H24N4O2. The van der Waals surface area contributed by atoms with Crippen LogP contribution in [0, 0.1) is 6.92 Å². The molecule has 3 aromatic rings. The molecule has 1 saturated carbocycles. The third-order valence-electron chi connectivity index (χ3n) is 4.99. The predicted octanol–water partition coefficient (Wildman–Crippen LogP) is 3.83. The topological polar surface area (TPSA) is 69.0 Å². The van der Waals surface area contributed by atoms with Crippen molar-refractivity contribution in [2.45, 2.75) is 45.3 Å². The average molecular weight is 376 g/mol. The molecule has 1 fully saturated rings. The van der Waals surface area contributed by atoms with E-state index in [-0.39, 0.29) is 12.0 Å². The molecule has 0 aliphatic heterocycles. The maximum absolute atomic E-state index is 12.6. The van der Waals surface area contributed by atoms with Crippen LogP contribution in [0.5, 0.6) is 5.88 Å². The number of nitrogens with zero attached hydrogens (tertiary/aromatic N) is 3. The monoisotopic (exact) mass is 376 g/mol. The van der Waals surface area contributed by atoms with Crippen LogP contribution in [0.25, 0.3) is 5.69 Å². The summed E-state index contributed by atoms with van der Waals surface area (Å²) in [5, 5.41) is 7.39. The summed E-state index contributed by atoms with van der Waals surface area (Å²) < 4.78 is 7.81. The highest BCUT2D eigenvalue weighted by Crippen LogP contribution is 2.25. The summed E-state index contributed by atoms with van der Waals surface area (Å²) in [5.74, 6) is 0.397. The van der Waals surface area contributed by atoms with Gasteiger partial charge in [0.1, 0.15) is 6.10 Å². The van der Waals surface area contributed by atoms with Crippen LogP contribution >= 0.6 is 0 Å². The lowest BCUT2D eigenvalue weighted by atomic mass is 10.2. The first-order valence-electron chi connectivity index (χ1n) is 9.71. The van der Waals surface area contributed by atoms with Crippen LogP contribution in [-0.2, 0) is 6.54 Å². The lowest BCUT2D eigenvalue weighted by molar-refractivity contribution is 0.0945. The second kappa shape index (κ2) is 8.25. The van der Waals surface area contributed by atoms with Crippen molar-refractivity contribution < 1.29 is 9.53 Å². The van der Waals surface area contributed by atoms with Crippen molar-refractivity contribution in [3.8, 4) is 11.6 Å². The zero-order valence-electron chi connectivity index (χ0n) is 16.0. The van der Waals surface area contributed by atoms with Crippen molar-refractivity contribution >= 4 is 5.91 Å². The number of benzene rings is 1. The molecule has 1 aliphatic rings. The number of hydrogen-bond acceptors (Lipinski definition) is 4. The Labute approximate surface area is 164 Å². The quantitative estimate of drug-likeness (QED) is 0.710. The number of rotatable bonds is 6. The predicted molar refractivity (Wildman–Crippen MR) is 107 cm³/mol. The number of carbonyl (C=O) groups is 1. The molecule has 1 aliphatic carbocycles. The van der Waals surface area contributed by atoms with Crippen LogP contribution in [0.4, 0.5) is 0 Å². The Morgan fingerprint density at radius 2 is 1.96 bits per heavy atom. The van der Waals surface area contributed by atoms with Gasteiger partial charge in [0.15, 0.2) is 5.69 Å². The lowest BCUT2D eigenvalue weighted by Gasteiger charge is -2.15. The molecular weight excluding hydrogens is 352 g/mol. The summed E-state index contributed by atoms with van der Waals surface area (Å²) in [6.45, 7) is 2.29. The van der Waals surface area contributed by atoms with Gasteiger partial charge in [0.05, 0.1) is 5.69 Å². The molecule has 0 atom stereocenters. The summed E-state index contributed by atoms with van der Waals surface area (Å²) in [5.41, 5.74) is 3.10. The summed E-state index contributed by atoms with van der Waals surface area (Å²) >= 11 is 0. The van der Waals surface area contributed by atoms with Gasteiger partial charge in [0.2, 0.25) is 5.88 Å². The summed E-state index contributed by atoms with van der Waals surface area (Å²) in [6.07, 6.45) is 6.49. The summed E-state index contributed by atoms with van der Waals surface area (Å²) in [7, 11) is 0. The van der Waals surface area contributed by atoms with Crippen molar-refractivity contribution in [3.05, 3.63) is 71.7 Å². The van der Waals surface area contributed by atoms with Gasteiger partial charge in [0.25, 0.3) is 5.91 Å². The van der Waals surface area contributed by atoms with E-state index < -0.39 is 0 Å². The first-order valence-corrected chi connectivity index (χ1v) is 9.71. The lowest BCUT2D eigenvalue weighted by Crippen LogP contribution is -2.24. The second-order valence-corrected chi connectivity index (χ2v) is 7.09.